The van der Waals surface area contributed by atoms with Crippen molar-refractivity contribution in [2.45, 2.75) is 29.7 Å². The molecule has 202 valence electrons. The number of anilines is 2. The van der Waals surface area contributed by atoms with Crippen molar-refractivity contribution >= 4 is 72.8 Å². The minimum absolute atomic E-state index is 0.0827. The zero-order chi connectivity index (χ0) is 28.3. The molecular weight excluding hydrogens is 579 g/mol. The topological polar surface area (TPSA) is 228 Å². The van der Waals surface area contributed by atoms with E-state index in [9.17, 15) is 45.4 Å². The zero-order valence-corrected chi connectivity index (χ0v) is 22.0. The minimum atomic E-state index is -4.66. The van der Waals surface area contributed by atoms with Crippen LogP contribution < -0.4 is 21.3 Å². The van der Waals surface area contributed by atoms with Crippen molar-refractivity contribution in [2.24, 2.45) is 0 Å². The van der Waals surface area contributed by atoms with Gasteiger partial charge in [0.15, 0.2) is 0 Å². The molecule has 37 heavy (non-hydrogen) atoms. The van der Waals surface area contributed by atoms with Crippen molar-refractivity contribution in [3.05, 3.63) is 45.4 Å². The van der Waals surface area contributed by atoms with Crippen LogP contribution in [0.15, 0.2) is 34.1 Å². The van der Waals surface area contributed by atoms with Gasteiger partial charge >= 0.3 is 18.0 Å². The standard InChI is InChI=1S/C19H20Cl2N4O10S2/c1-8-12(20)3-10(36(30,31)32)5-14(8)23-18(28)22-7-16(17(26)27)25-19(29)24-15-6-11(37(33,34)35)4-13(21)9(15)2/h3-6,16H,7H2,1-2H3,(H,26,27)(H2,22,23,28)(H2,24,25,29)(H,30,31,32)(H,33,34,35). The van der Waals surface area contributed by atoms with E-state index in [1.54, 1.807) is 0 Å². The number of carbonyl (C=O) groups excluding carboxylic acids is 2. The molecule has 1 unspecified atom stereocenters. The van der Waals surface area contributed by atoms with E-state index < -0.39 is 60.6 Å². The van der Waals surface area contributed by atoms with Gasteiger partial charge in [-0.25, -0.2) is 14.4 Å². The molecule has 4 amide bonds. The summed E-state index contributed by atoms with van der Waals surface area (Å²) in [7, 11) is -9.30. The second-order valence-electron chi connectivity index (χ2n) is 7.43. The number of carbonyl (C=O) groups is 3. The number of nitrogens with one attached hydrogen (secondary N) is 4. The van der Waals surface area contributed by atoms with Gasteiger partial charge < -0.3 is 26.4 Å². The molecule has 0 radical (unpaired) electrons. The fourth-order valence-electron chi connectivity index (χ4n) is 2.74. The number of rotatable bonds is 8. The smallest absolute Gasteiger partial charge is 0.328 e. The van der Waals surface area contributed by atoms with E-state index in [0.717, 1.165) is 24.3 Å². The summed E-state index contributed by atoms with van der Waals surface area (Å²) in [5, 5.41) is 17.9. The van der Waals surface area contributed by atoms with Crippen LogP contribution in [0.4, 0.5) is 21.0 Å². The summed E-state index contributed by atoms with van der Waals surface area (Å²) < 4.78 is 63.9. The highest BCUT2D eigenvalue weighted by molar-refractivity contribution is 7.86. The van der Waals surface area contributed by atoms with E-state index in [2.05, 4.69) is 21.3 Å². The zero-order valence-electron chi connectivity index (χ0n) is 18.9. The number of aliphatic carboxylic acids is 1. The molecular formula is C19H20Cl2N4O10S2. The second-order valence-corrected chi connectivity index (χ2v) is 11.1. The summed E-state index contributed by atoms with van der Waals surface area (Å²) in [4.78, 5) is 35.0. The number of urea groups is 2. The van der Waals surface area contributed by atoms with Gasteiger partial charge in [0.2, 0.25) is 0 Å². The SMILES string of the molecule is Cc1c(Cl)cc(S(=O)(=O)O)cc1NC(=O)NCC(NC(=O)Nc1cc(S(=O)(=O)O)cc(Cl)c1C)C(=O)O. The molecule has 0 aliphatic carbocycles. The van der Waals surface area contributed by atoms with Crippen LogP contribution in [-0.4, -0.2) is 61.7 Å². The highest BCUT2D eigenvalue weighted by Crippen LogP contribution is 2.29. The number of hydrogen-bond acceptors (Lipinski definition) is 7. The van der Waals surface area contributed by atoms with Crippen molar-refractivity contribution in [1.29, 1.82) is 0 Å². The molecule has 0 bridgehead atoms. The van der Waals surface area contributed by atoms with Crippen molar-refractivity contribution < 1.29 is 45.4 Å². The summed E-state index contributed by atoms with van der Waals surface area (Å²) in [6.07, 6.45) is 0. The van der Waals surface area contributed by atoms with Crippen LogP contribution in [0.5, 0.6) is 0 Å². The normalized spacial score (nSPS) is 12.4. The molecule has 14 nitrogen and oxygen atoms in total. The van der Waals surface area contributed by atoms with E-state index >= 15 is 0 Å². The summed E-state index contributed by atoms with van der Waals surface area (Å²) in [5.41, 5.74) is 0.229. The highest BCUT2D eigenvalue weighted by atomic mass is 35.5. The van der Waals surface area contributed by atoms with Crippen molar-refractivity contribution in [1.82, 2.24) is 10.6 Å². The Morgan fingerprint density at radius 1 is 0.811 bits per heavy atom. The molecule has 0 aromatic heterocycles. The third-order valence-electron chi connectivity index (χ3n) is 4.80. The van der Waals surface area contributed by atoms with Crippen LogP contribution in [0.25, 0.3) is 0 Å². The summed E-state index contributed by atoms with van der Waals surface area (Å²) in [6, 6.07) is -0.0123. The van der Waals surface area contributed by atoms with Crippen molar-refractivity contribution in [3.8, 4) is 0 Å². The largest absolute Gasteiger partial charge is 0.480 e. The molecule has 0 aliphatic heterocycles. The maximum atomic E-state index is 12.3. The summed E-state index contributed by atoms with van der Waals surface area (Å²) in [6.45, 7) is 2.23. The van der Waals surface area contributed by atoms with Crippen LogP contribution in [0, 0.1) is 13.8 Å². The molecule has 0 saturated carbocycles. The van der Waals surface area contributed by atoms with Gasteiger partial charge in [0, 0.05) is 21.4 Å². The molecule has 7 N–H and O–H groups in total. The lowest BCUT2D eigenvalue weighted by Gasteiger charge is -2.18. The first-order valence-corrected chi connectivity index (χ1v) is 13.4. The Bertz CT molecular complexity index is 1480. The number of halogens is 2. The van der Waals surface area contributed by atoms with Crippen LogP contribution in [0.2, 0.25) is 10.0 Å². The lowest BCUT2D eigenvalue weighted by Crippen LogP contribution is -2.50. The first kappa shape index (κ1) is 30.1. The molecule has 18 heteroatoms. The predicted molar refractivity (Wildman–Crippen MR) is 133 cm³/mol. The quantitative estimate of drug-likeness (QED) is 0.219. The fourth-order valence-corrected chi connectivity index (χ4v) is 4.38. The summed E-state index contributed by atoms with van der Waals surface area (Å²) >= 11 is 11.8. The van der Waals surface area contributed by atoms with Gasteiger partial charge in [0.25, 0.3) is 20.2 Å². The molecule has 0 aliphatic rings. The number of hydrogen-bond donors (Lipinski definition) is 7. The third kappa shape index (κ3) is 8.17. The van der Waals surface area contributed by atoms with E-state index in [0.29, 0.717) is 0 Å². The Morgan fingerprint density at radius 2 is 1.22 bits per heavy atom. The minimum Gasteiger partial charge on any atom is -0.480 e. The van der Waals surface area contributed by atoms with Gasteiger partial charge in [0.05, 0.1) is 16.3 Å². The van der Waals surface area contributed by atoms with Crippen LogP contribution in [-0.2, 0) is 25.0 Å². The molecule has 0 spiro atoms. The third-order valence-corrected chi connectivity index (χ3v) is 7.25. The van der Waals surface area contributed by atoms with Crippen LogP contribution >= 0.6 is 23.2 Å². The second kappa shape index (κ2) is 11.5. The number of carboxylic acids is 1. The van der Waals surface area contributed by atoms with Crippen LogP contribution in [0.3, 0.4) is 0 Å². The van der Waals surface area contributed by atoms with Crippen molar-refractivity contribution in [2.75, 3.05) is 17.2 Å². The maximum Gasteiger partial charge on any atom is 0.328 e. The fraction of sp³-hybridized carbons (Fsp3) is 0.211. The van der Waals surface area contributed by atoms with Gasteiger partial charge in [-0.15, -0.1) is 0 Å². The first-order valence-electron chi connectivity index (χ1n) is 9.80. The molecule has 2 rings (SSSR count). The Kier molecular flexibility index (Phi) is 9.34. The van der Waals surface area contributed by atoms with E-state index in [4.69, 9.17) is 23.2 Å². The van der Waals surface area contributed by atoms with Gasteiger partial charge in [-0.05, 0) is 49.2 Å². The average molecular weight is 599 g/mol. The van der Waals surface area contributed by atoms with E-state index in [-0.39, 0.29) is 32.5 Å². The Balaban J connectivity index is 2.11. The molecule has 0 heterocycles. The Morgan fingerprint density at radius 3 is 1.59 bits per heavy atom. The lowest BCUT2D eigenvalue weighted by atomic mass is 10.2. The molecule has 2 aromatic carbocycles. The van der Waals surface area contributed by atoms with Gasteiger partial charge in [-0.2, -0.15) is 16.8 Å². The Labute approximate surface area is 220 Å². The molecule has 1 atom stereocenters. The molecule has 0 saturated heterocycles. The van der Waals surface area contributed by atoms with Gasteiger partial charge in [-0.1, -0.05) is 23.2 Å². The number of carboxylic acid groups (broad SMARTS) is 1. The molecule has 2 aromatic rings. The highest BCUT2D eigenvalue weighted by Gasteiger charge is 2.23. The van der Waals surface area contributed by atoms with Crippen LogP contribution in [0.1, 0.15) is 11.1 Å². The number of benzene rings is 2. The monoisotopic (exact) mass is 598 g/mol. The van der Waals surface area contributed by atoms with Crippen molar-refractivity contribution in [3.63, 3.8) is 0 Å². The lowest BCUT2D eigenvalue weighted by molar-refractivity contribution is -0.138. The van der Waals surface area contributed by atoms with E-state index in [1.807, 2.05) is 0 Å². The number of amides is 4. The van der Waals surface area contributed by atoms with E-state index in [1.165, 1.54) is 13.8 Å². The van der Waals surface area contributed by atoms with Gasteiger partial charge in [-0.3, -0.25) is 9.11 Å². The summed E-state index contributed by atoms with van der Waals surface area (Å²) in [5.74, 6) is -1.55. The maximum absolute atomic E-state index is 12.3. The Hall–Kier alpha value is -3.15. The van der Waals surface area contributed by atoms with Gasteiger partial charge in [0.1, 0.15) is 6.04 Å². The first-order chi connectivity index (χ1) is 16.9. The average Bonchev–Trinajstić information content (AvgIpc) is 2.75. The molecule has 0 fully saturated rings. The predicted octanol–water partition coefficient (Wildman–Crippen LogP) is 2.50.